The number of nitrogens with two attached hydrogens (primary N) is 1. The number of piperidine rings is 1. The summed E-state index contributed by atoms with van der Waals surface area (Å²) in [6, 6.07) is -0.330. The number of hydroxylamine groups is 4. The van der Waals surface area contributed by atoms with Crippen LogP contribution in [0, 0.1) is 0 Å². The number of hydrogen-bond donors (Lipinski definition) is 4. The van der Waals surface area contributed by atoms with E-state index in [1.165, 1.54) is 5.06 Å². The smallest absolute Gasteiger partial charge is 0.145 e. The molecule has 0 bridgehead atoms. The van der Waals surface area contributed by atoms with E-state index in [4.69, 9.17) is 5.73 Å². The molecule has 0 aromatic carbocycles. The number of hydrogen-bond acceptors (Lipinski definition) is 6. The second kappa shape index (κ2) is 6.62. The summed E-state index contributed by atoms with van der Waals surface area (Å²) in [6.07, 6.45) is 2.52. The van der Waals surface area contributed by atoms with Gasteiger partial charge in [0.2, 0.25) is 0 Å². The molecule has 2 unspecified atom stereocenters. The molecule has 7 heteroatoms. The van der Waals surface area contributed by atoms with Crippen molar-refractivity contribution in [2.45, 2.75) is 129 Å². The van der Waals surface area contributed by atoms with Gasteiger partial charge in [-0.15, -0.1) is 0 Å². The first-order valence-electron chi connectivity index (χ1n) is 10.3. The van der Waals surface area contributed by atoms with Crippen molar-refractivity contribution >= 4 is 0 Å². The highest BCUT2D eigenvalue weighted by Crippen LogP contribution is 2.48. The summed E-state index contributed by atoms with van der Waals surface area (Å²) in [4.78, 5) is 0. The average Bonchev–Trinajstić information content (AvgIpc) is 2.65. The molecule has 0 amide bonds. The molecule has 160 valence electrons. The van der Waals surface area contributed by atoms with E-state index in [0.717, 1.165) is 12.8 Å². The molecule has 2 aliphatic heterocycles. The van der Waals surface area contributed by atoms with E-state index in [2.05, 4.69) is 47.0 Å². The molecule has 7 nitrogen and oxygen atoms in total. The lowest BCUT2D eigenvalue weighted by Crippen LogP contribution is -2.82. The molecule has 0 aromatic rings. The van der Waals surface area contributed by atoms with Crippen LogP contribution in [0.2, 0.25) is 0 Å². The summed E-state index contributed by atoms with van der Waals surface area (Å²) in [7, 11) is 0. The second-order valence-corrected chi connectivity index (χ2v) is 11.4. The van der Waals surface area contributed by atoms with E-state index in [1.807, 2.05) is 32.8 Å². The van der Waals surface area contributed by atoms with Gasteiger partial charge in [-0.2, -0.15) is 10.3 Å². The Morgan fingerprint density at radius 2 is 1.48 bits per heavy atom. The second-order valence-electron chi connectivity index (χ2n) is 11.4. The van der Waals surface area contributed by atoms with Crippen molar-refractivity contribution in [1.29, 1.82) is 0 Å². The maximum absolute atomic E-state index is 12.0. The van der Waals surface area contributed by atoms with E-state index in [1.54, 1.807) is 0 Å². The van der Waals surface area contributed by atoms with Crippen molar-refractivity contribution in [1.82, 2.24) is 15.6 Å². The van der Waals surface area contributed by atoms with Crippen LogP contribution in [0.25, 0.3) is 0 Å². The molecule has 0 spiro atoms. The highest BCUT2D eigenvalue weighted by Gasteiger charge is 2.66. The molecular formula is C20H44N5O2+. The number of nitrogens with one attached hydrogen (secondary N) is 1. The minimum absolute atomic E-state index is 0.0386. The Hall–Kier alpha value is -0.280. The lowest BCUT2D eigenvalue weighted by atomic mass is 9.75. The van der Waals surface area contributed by atoms with Crippen molar-refractivity contribution in [3.63, 3.8) is 0 Å². The van der Waals surface area contributed by atoms with Gasteiger partial charge in [0.25, 0.3) is 0 Å². The molecular weight excluding hydrogens is 342 g/mol. The largest absolute Gasteiger partial charge is 0.326 e. The van der Waals surface area contributed by atoms with E-state index in [-0.39, 0.29) is 34.0 Å². The quantitative estimate of drug-likeness (QED) is 0.439. The molecule has 0 aromatic heterocycles. The molecule has 2 atom stereocenters. The standard InChI is InChI=1S/C20H44N5O2/c1-14(2)23(25(27)18(5,6)11-12-19(25,7)8)22-16-15(21)13-17(3,4)24(26)20(16,9)10/h14-16,22,26-27H,11-13,21H2,1-10H3/q+1. The van der Waals surface area contributed by atoms with Crippen LogP contribution >= 0.6 is 0 Å². The Labute approximate surface area is 165 Å². The number of rotatable bonds is 4. The van der Waals surface area contributed by atoms with Gasteiger partial charge in [0.05, 0.1) is 17.6 Å². The van der Waals surface area contributed by atoms with Crippen molar-refractivity contribution < 1.29 is 15.2 Å². The van der Waals surface area contributed by atoms with Gasteiger partial charge in [-0.3, -0.25) is 0 Å². The highest BCUT2D eigenvalue weighted by molar-refractivity contribution is 5.07. The number of quaternary nitrogens is 1. The predicted molar refractivity (Wildman–Crippen MR) is 108 cm³/mol. The molecule has 2 heterocycles. The zero-order valence-corrected chi connectivity index (χ0v) is 19.2. The molecule has 5 N–H and O–H groups in total. The van der Waals surface area contributed by atoms with Crippen LogP contribution in [0.1, 0.15) is 88.5 Å². The van der Waals surface area contributed by atoms with E-state index < -0.39 is 11.1 Å². The summed E-state index contributed by atoms with van der Waals surface area (Å²) < 4.78 is -0.189. The normalized spacial score (nSPS) is 34.3. The maximum atomic E-state index is 12.0. The maximum Gasteiger partial charge on any atom is 0.145 e. The fraction of sp³-hybridized carbons (Fsp3) is 1.00. The molecule has 0 radical (unpaired) electrons. The topological polar surface area (TPSA) is 85.0 Å². The van der Waals surface area contributed by atoms with Crippen LogP contribution in [0.15, 0.2) is 0 Å². The SMILES string of the molecule is CC(C)N(NC1C(N)CC(C)(C)N(O)C1(C)C)[N+]1(O)C(C)(C)CCC1(C)C. The zero-order valence-electron chi connectivity index (χ0n) is 19.2. The monoisotopic (exact) mass is 386 g/mol. The van der Waals surface area contributed by atoms with Gasteiger partial charge in [-0.1, -0.05) is 9.87 Å². The van der Waals surface area contributed by atoms with Gasteiger partial charge >= 0.3 is 0 Å². The minimum atomic E-state index is -0.596. The molecule has 2 saturated heterocycles. The van der Waals surface area contributed by atoms with Gasteiger partial charge < -0.3 is 10.9 Å². The van der Waals surface area contributed by atoms with Crippen molar-refractivity contribution in [2.24, 2.45) is 5.73 Å². The van der Waals surface area contributed by atoms with Crippen LogP contribution in [-0.4, -0.2) is 65.6 Å². The van der Waals surface area contributed by atoms with Crippen LogP contribution in [0.4, 0.5) is 0 Å². The van der Waals surface area contributed by atoms with Gasteiger partial charge in [-0.05, 0) is 75.7 Å². The van der Waals surface area contributed by atoms with Crippen LogP contribution in [-0.2, 0) is 0 Å². The Morgan fingerprint density at radius 3 is 1.89 bits per heavy atom. The third-order valence-corrected chi connectivity index (χ3v) is 7.15. The molecule has 2 fully saturated rings. The number of nitrogens with zero attached hydrogens (tertiary/aromatic N) is 3. The van der Waals surface area contributed by atoms with E-state index >= 15 is 0 Å². The first-order valence-corrected chi connectivity index (χ1v) is 10.3. The highest BCUT2D eigenvalue weighted by atomic mass is 16.6. The Balaban J connectivity index is 2.45. The molecule has 2 aliphatic rings. The molecule has 27 heavy (non-hydrogen) atoms. The third kappa shape index (κ3) is 3.35. The average molecular weight is 387 g/mol. The van der Waals surface area contributed by atoms with Crippen LogP contribution < -0.4 is 11.2 Å². The molecule has 0 aliphatic carbocycles. The van der Waals surface area contributed by atoms with Crippen molar-refractivity contribution in [2.75, 3.05) is 0 Å². The summed E-state index contributed by atoms with van der Waals surface area (Å²) in [6.45, 7) is 20.7. The van der Waals surface area contributed by atoms with Crippen molar-refractivity contribution in [3.8, 4) is 0 Å². The third-order valence-electron chi connectivity index (χ3n) is 7.15. The molecule has 0 saturated carbocycles. The van der Waals surface area contributed by atoms with Gasteiger partial charge in [-0.25, -0.2) is 5.43 Å². The number of hydrazine groups is 1. The Bertz CT molecular complexity index is 543. The minimum Gasteiger partial charge on any atom is -0.326 e. The van der Waals surface area contributed by atoms with Gasteiger partial charge in [0.15, 0.2) is 0 Å². The first-order chi connectivity index (χ1) is 11.9. The zero-order chi connectivity index (χ0) is 21.2. The Morgan fingerprint density at radius 1 is 1.04 bits per heavy atom. The first kappa shape index (κ1) is 23.0. The van der Waals surface area contributed by atoms with Gasteiger partial charge in [0.1, 0.15) is 11.1 Å². The lowest BCUT2D eigenvalue weighted by Gasteiger charge is -2.58. The molecule has 2 rings (SSSR count). The fourth-order valence-electron chi connectivity index (χ4n) is 5.51. The summed E-state index contributed by atoms with van der Waals surface area (Å²) in [5.41, 5.74) is 8.53. The van der Waals surface area contributed by atoms with Crippen LogP contribution in [0.3, 0.4) is 0 Å². The van der Waals surface area contributed by atoms with Crippen molar-refractivity contribution in [3.05, 3.63) is 0 Å². The Kier molecular flexibility index (Phi) is 5.64. The van der Waals surface area contributed by atoms with Crippen LogP contribution in [0.5, 0.6) is 0 Å². The fourth-order valence-corrected chi connectivity index (χ4v) is 5.51. The van der Waals surface area contributed by atoms with E-state index in [0.29, 0.717) is 6.42 Å². The summed E-state index contributed by atoms with van der Waals surface area (Å²) >= 11 is 0. The lowest BCUT2D eigenvalue weighted by molar-refractivity contribution is -1.24. The van der Waals surface area contributed by atoms with Gasteiger partial charge in [0, 0.05) is 24.4 Å². The van der Waals surface area contributed by atoms with E-state index in [9.17, 15) is 10.4 Å². The summed E-state index contributed by atoms with van der Waals surface area (Å²) in [5.74, 6) is 0. The summed E-state index contributed by atoms with van der Waals surface area (Å²) in [5, 5.41) is 26.3. The predicted octanol–water partition coefficient (Wildman–Crippen LogP) is 3.02.